The number of hydrogen-bond donors (Lipinski definition) is 4. The molecule has 0 aliphatic heterocycles. The van der Waals surface area contributed by atoms with Crippen molar-refractivity contribution >= 4 is 0 Å². The van der Waals surface area contributed by atoms with Gasteiger partial charge in [-0.25, -0.2) is 0 Å². The van der Waals surface area contributed by atoms with Gasteiger partial charge in [0.25, 0.3) is 0 Å². The average Bonchev–Trinajstić information content (AvgIpc) is 3.26. The first kappa shape index (κ1) is 20.5. The Bertz CT molecular complexity index is 705. The first-order chi connectivity index (χ1) is 14.1. The molecule has 8 N–H and O–H groups in total. The van der Waals surface area contributed by atoms with E-state index in [0.29, 0.717) is 0 Å². The highest BCUT2D eigenvalue weighted by Crippen LogP contribution is 2.45. The minimum Gasteiger partial charge on any atom is -0.365 e. The maximum Gasteiger partial charge on any atom is 0.0877 e. The molecule has 5 heteroatoms. The van der Waals surface area contributed by atoms with Crippen LogP contribution in [-0.4, -0.2) is 24.2 Å². The van der Waals surface area contributed by atoms with Crippen LogP contribution in [0.5, 0.6) is 0 Å². The fourth-order valence-corrected chi connectivity index (χ4v) is 5.18. The van der Waals surface area contributed by atoms with Crippen LogP contribution in [0.25, 0.3) is 0 Å². The van der Waals surface area contributed by atoms with Crippen molar-refractivity contribution in [2.45, 2.75) is 62.1 Å². The van der Waals surface area contributed by atoms with Crippen molar-refractivity contribution in [2.75, 3.05) is 0 Å². The van der Waals surface area contributed by atoms with Gasteiger partial charge >= 0.3 is 0 Å². The van der Waals surface area contributed by atoms with Crippen molar-refractivity contribution in [1.82, 2.24) is 0 Å². The van der Waals surface area contributed by atoms with E-state index in [1.807, 2.05) is 12.1 Å². The van der Waals surface area contributed by atoms with E-state index in [4.69, 9.17) is 27.7 Å². The molecular formula is C24H34N4O. The van der Waals surface area contributed by atoms with Crippen molar-refractivity contribution in [3.8, 4) is 0 Å². The standard InChI is InChI=1S/C24H34N4O/c25-19-13-11-17(21(19)27)23(15-7-3-1-4-8-15)29-24(16-9-5-2-6-10-16)18-12-14-20(26)22(18)28/h1-10,17-24H,11-14,25-28H2. The Morgan fingerprint density at radius 2 is 0.966 bits per heavy atom. The highest BCUT2D eigenvalue weighted by Gasteiger charge is 2.43. The molecule has 0 amide bonds. The van der Waals surface area contributed by atoms with Gasteiger partial charge in [0.05, 0.1) is 12.2 Å². The molecule has 0 heterocycles. The number of rotatable bonds is 6. The summed E-state index contributed by atoms with van der Waals surface area (Å²) in [5.74, 6) is 0.370. The summed E-state index contributed by atoms with van der Waals surface area (Å²) in [5.41, 5.74) is 27.9. The van der Waals surface area contributed by atoms with Crippen LogP contribution in [0.3, 0.4) is 0 Å². The van der Waals surface area contributed by atoms with Gasteiger partial charge in [-0.1, -0.05) is 60.7 Å². The normalized spacial score (nSPS) is 34.2. The van der Waals surface area contributed by atoms with Crippen molar-refractivity contribution in [3.63, 3.8) is 0 Å². The SMILES string of the molecule is NC1CCC(C(OC(c2ccccc2)C2CCC(N)C2N)c2ccccc2)C1N. The summed E-state index contributed by atoms with van der Waals surface area (Å²) in [7, 11) is 0. The van der Waals surface area contributed by atoms with Gasteiger partial charge in [-0.3, -0.25) is 0 Å². The number of hydrogen-bond acceptors (Lipinski definition) is 5. The van der Waals surface area contributed by atoms with E-state index >= 15 is 0 Å². The summed E-state index contributed by atoms with van der Waals surface area (Å²) in [6.07, 6.45) is 3.58. The third-order valence-corrected chi connectivity index (χ3v) is 6.97. The van der Waals surface area contributed by atoms with E-state index in [2.05, 4.69) is 48.5 Å². The molecule has 0 bridgehead atoms. The fourth-order valence-electron chi connectivity index (χ4n) is 5.18. The van der Waals surface area contributed by atoms with Gasteiger partial charge in [0, 0.05) is 36.0 Å². The molecule has 156 valence electrons. The maximum atomic E-state index is 6.96. The van der Waals surface area contributed by atoms with Gasteiger partial charge in [0.15, 0.2) is 0 Å². The van der Waals surface area contributed by atoms with Gasteiger partial charge in [-0.15, -0.1) is 0 Å². The summed E-state index contributed by atoms with van der Waals surface area (Å²) in [6, 6.07) is 20.7. The third-order valence-electron chi connectivity index (χ3n) is 6.97. The highest BCUT2D eigenvalue weighted by atomic mass is 16.5. The summed E-state index contributed by atoms with van der Waals surface area (Å²) < 4.78 is 6.96. The molecule has 0 aromatic heterocycles. The first-order valence-corrected chi connectivity index (χ1v) is 10.8. The molecule has 4 rings (SSSR count). The lowest BCUT2D eigenvalue weighted by atomic mass is 9.87. The topological polar surface area (TPSA) is 113 Å². The second-order valence-corrected chi connectivity index (χ2v) is 8.76. The van der Waals surface area contributed by atoms with Gasteiger partial charge in [0.1, 0.15) is 0 Å². The Kier molecular flexibility index (Phi) is 6.32. The van der Waals surface area contributed by atoms with Crippen LogP contribution < -0.4 is 22.9 Å². The molecule has 2 aromatic rings. The molecule has 0 radical (unpaired) electrons. The lowest BCUT2D eigenvalue weighted by Gasteiger charge is -2.36. The molecule has 2 aromatic carbocycles. The minimum atomic E-state index is -0.117. The molecule has 2 fully saturated rings. The van der Waals surface area contributed by atoms with E-state index in [9.17, 15) is 0 Å². The van der Waals surface area contributed by atoms with Gasteiger partial charge in [-0.2, -0.15) is 0 Å². The number of ether oxygens (including phenoxy) is 1. The second-order valence-electron chi connectivity index (χ2n) is 8.76. The maximum absolute atomic E-state index is 6.96. The van der Waals surface area contributed by atoms with E-state index < -0.39 is 0 Å². The van der Waals surface area contributed by atoms with E-state index in [1.165, 1.54) is 0 Å². The second kappa shape index (κ2) is 8.94. The van der Waals surface area contributed by atoms with Crippen molar-refractivity contribution in [1.29, 1.82) is 0 Å². The summed E-state index contributed by atoms with van der Waals surface area (Å²) >= 11 is 0. The molecule has 8 unspecified atom stereocenters. The Hall–Kier alpha value is -1.76. The fraction of sp³-hybridized carbons (Fsp3) is 0.500. The third kappa shape index (κ3) is 4.25. The molecular weight excluding hydrogens is 360 g/mol. The largest absolute Gasteiger partial charge is 0.365 e. The summed E-state index contributed by atoms with van der Waals surface area (Å²) in [4.78, 5) is 0. The first-order valence-electron chi connectivity index (χ1n) is 10.8. The zero-order valence-electron chi connectivity index (χ0n) is 16.9. The van der Waals surface area contributed by atoms with Crippen LogP contribution in [0.4, 0.5) is 0 Å². The van der Waals surface area contributed by atoms with Crippen LogP contribution in [0, 0.1) is 11.8 Å². The summed E-state index contributed by atoms with van der Waals surface area (Å²) in [6.45, 7) is 0. The number of nitrogens with two attached hydrogens (primary N) is 4. The van der Waals surface area contributed by atoms with E-state index in [1.54, 1.807) is 0 Å². The van der Waals surface area contributed by atoms with Crippen LogP contribution in [0.1, 0.15) is 49.0 Å². The van der Waals surface area contributed by atoms with E-state index in [-0.39, 0.29) is 48.2 Å². The predicted molar refractivity (Wildman–Crippen MR) is 117 cm³/mol. The van der Waals surface area contributed by atoms with Crippen LogP contribution in [0.15, 0.2) is 60.7 Å². The molecule has 0 spiro atoms. The van der Waals surface area contributed by atoms with Gasteiger partial charge in [-0.05, 0) is 36.8 Å². The Morgan fingerprint density at radius 1 is 0.586 bits per heavy atom. The average molecular weight is 395 g/mol. The highest BCUT2D eigenvalue weighted by molar-refractivity contribution is 5.23. The molecule has 8 atom stereocenters. The van der Waals surface area contributed by atoms with Crippen molar-refractivity contribution in [2.24, 2.45) is 34.8 Å². The quantitative estimate of drug-likeness (QED) is 0.601. The smallest absolute Gasteiger partial charge is 0.0877 e. The molecule has 5 nitrogen and oxygen atoms in total. The van der Waals surface area contributed by atoms with Crippen LogP contribution in [0.2, 0.25) is 0 Å². The van der Waals surface area contributed by atoms with Crippen molar-refractivity contribution in [3.05, 3.63) is 71.8 Å². The molecule has 2 aliphatic rings. The lowest BCUT2D eigenvalue weighted by molar-refractivity contribution is -0.0774. The zero-order chi connectivity index (χ0) is 20.4. The monoisotopic (exact) mass is 394 g/mol. The Labute approximate surface area is 173 Å². The predicted octanol–water partition coefficient (Wildman–Crippen LogP) is 2.61. The summed E-state index contributed by atoms with van der Waals surface area (Å²) in [5, 5.41) is 0. The molecule has 0 saturated heterocycles. The van der Waals surface area contributed by atoms with Crippen molar-refractivity contribution < 1.29 is 4.74 Å². The van der Waals surface area contributed by atoms with Crippen LogP contribution >= 0.6 is 0 Å². The molecule has 2 aliphatic carbocycles. The van der Waals surface area contributed by atoms with E-state index in [0.717, 1.165) is 36.8 Å². The zero-order valence-corrected chi connectivity index (χ0v) is 16.9. The van der Waals surface area contributed by atoms with Gasteiger partial charge < -0.3 is 27.7 Å². The molecule has 2 saturated carbocycles. The molecule has 29 heavy (non-hydrogen) atoms. The van der Waals surface area contributed by atoms with Crippen LogP contribution in [-0.2, 0) is 4.74 Å². The minimum absolute atomic E-state index is 0.0205. The lowest BCUT2D eigenvalue weighted by Crippen LogP contribution is -2.44. The Balaban J connectivity index is 1.69. The van der Waals surface area contributed by atoms with Gasteiger partial charge in [0.2, 0.25) is 0 Å². The number of benzene rings is 2. The Morgan fingerprint density at radius 3 is 1.28 bits per heavy atom.